The van der Waals surface area contributed by atoms with Crippen LogP contribution < -0.4 is 10.8 Å². The van der Waals surface area contributed by atoms with Crippen molar-refractivity contribution in [2.75, 3.05) is 6.61 Å². The molecule has 234 valence electrons. The fourth-order valence-electron chi connectivity index (χ4n) is 7.35. The Morgan fingerprint density at radius 1 is 0.659 bits per heavy atom. The topological polar surface area (TPSA) is 200 Å². The van der Waals surface area contributed by atoms with Crippen LogP contribution in [0.25, 0.3) is 0 Å². The summed E-state index contributed by atoms with van der Waals surface area (Å²) in [7, 11) is -3.34. The zero-order valence-electron chi connectivity index (χ0n) is 23.5. The van der Waals surface area contributed by atoms with E-state index in [0.717, 1.165) is 0 Å². The highest BCUT2D eigenvalue weighted by molar-refractivity contribution is 7.92. The van der Waals surface area contributed by atoms with Crippen molar-refractivity contribution in [3.8, 4) is 0 Å². The summed E-state index contributed by atoms with van der Waals surface area (Å²) in [4.78, 5) is 41.6. The van der Waals surface area contributed by atoms with E-state index in [4.69, 9.17) is 4.84 Å². The normalized spacial score (nSPS) is 38.6. The second kappa shape index (κ2) is 14.1. The van der Waals surface area contributed by atoms with Crippen LogP contribution in [0.15, 0.2) is 0 Å². The van der Waals surface area contributed by atoms with E-state index in [1.807, 2.05) is 0 Å². The largest absolute Gasteiger partial charge is 0.481 e. The molecule has 0 aromatic rings. The lowest BCUT2D eigenvalue weighted by molar-refractivity contribution is -0.151. The monoisotopic (exact) mass is 602 g/mol. The molecule has 4 aliphatic carbocycles. The van der Waals surface area contributed by atoms with E-state index in [-0.39, 0.29) is 43.4 Å². The van der Waals surface area contributed by atoms with Gasteiger partial charge in [-0.05, 0) is 95.8 Å². The molecule has 0 heterocycles. The fraction of sp³-hybridized carbons (Fsp3) is 0.893. The molecule has 0 aromatic carbocycles. The Morgan fingerprint density at radius 2 is 1.17 bits per heavy atom. The molecule has 4 rings (SSSR count). The minimum atomic E-state index is -3.34. The van der Waals surface area contributed by atoms with Crippen LogP contribution in [0.3, 0.4) is 0 Å². The minimum absolute atomic E-state index is 0.000357. The summed E-state index contributed by atoms with van der Waals surface area (Å²) >= 11 is 0. The van der Waals surface area contributed by atoms with Gasteiger partial charge in [-0.25, -0.2) is 8.42 Å². The molecule has 4 saturated carbocycles. The Labute approximate surface area is 241 Å². The number of carboxylic acids is 2. The van der Waals surface area contributed by atoms with Crippen LogP contribution in [0.5, 0.6) is 0 Å². The quantitative estimate of drug-likeness (QED) is 0.197. The van der Waals surface area contributed by atoms with Crippen LogP contribution in [-0.4, -0.2) is 88.1 Å². The van der Waals surface area contributed by atoms with E-state index in [0.29, 0.717) is 77.0 Å². The maximum atomic E-state index is 13.4. The highest BCUT2D eigenvalue weighted by atomic mass is 32.2. The molecule has 6 N–H and O–H groups in total. The van der Waals surface area contributed by atoms with Gasteiger partial charge in [0.05, 0.1) is 47.1 Å². The summed E-state index contributed by atoms with van der Waals surface area (Å²) in [5, 5.41) is 40.6. The van der Waals surface area contributed by atoms with Crippen molar-refractivity contribution in [2.45, 2.75) is 125 Å². The molecule has 13 heteroatoms. The lowest BCUT2D eigenvalue weighted by Crippen LogP contribution is -2.48. The van der Waals surface area contributed by atoms with Crippen molar-refractivity contribution < 1.29 is 48.1 Å². The van der Waals surface area contributed by atoms with Crippen LogP contribution in [-0.2, 0) is 29.1 Å². The average Bonchev–Trinajstić information content (AvgIpc) is 2.94. The smallest absolute Gasteiger partial charge is 0.307 e. The molecule has 4 aliphatic rings. The van der Waals surface area contributed by atoms with Gasteiger partial charge in [-0.2, -0.15) is 5.48 Å². The van der Waals surface area contributed by atoms with Crippen molar-refractivity contribution in [3.05, 3.63) is 0 Å². The molecule has 41 heavy (non-hydrogen) atoms. The molecule has 6 unspecified atom stereocenters. The van der Waals surface area contributed by atoms with Gasteiger partial charge in [-0.1, -0.05) is 0 Å². The number of hydrogen-bond donors (Lipinski definition) is 6. The highest BCUT2D eigenvalue weighted by Gasteiger charge is 2.42. The van der Waals surface area contributed by atoms with Crippen LogP contribution in [0.1, 0.15) is 89.9 Å². The second-order valence-corrected chi connectivity index (χ2v) is 15.2. The second-order valence-electron chi connectivity index (χ2n) is 12.7. The van der Waals surface area contributed by atoms with Crippen molar-refractivity contribution >= 4 is 27.7 Å². The Morgan fingerprint density at radius 3 is 1.73 bits per heavy atom. The Balaban J connectivity index is 1.17. The molecule has 6 atom stereocenters. The van der Waals surface area contributed by atoms with Crippen molar-refractivity contribution in [1.82, 2.24) is 10.8 Å². The first-order valence-electron chi connectivity index (χ1n) is 15.2. The third-order valence-electron chi connectivity index (χ3n) is 9.93. The molecule has 0 bridgehead atoms. The van der Waals surface area contributed by atoms with Crippen molar-refractivity contribution in [1.29, 1.82) is 0 Å². The lowest BCUT2D eigenvalue weighted by Gasteiger charge is -2.36. The van der Waals surface area contributed by atoms with E-state index in [2.05, 4.69) is 10.8 Å². The number of aliphatic hydroxyl groups is 2. The van der Waals surface area contributed by atoms with E-state index in [9.17, 15) is 43.2 Å². The van der Waals surface area contributed by atoms with Crippen molar-refractivity contribution in [2.24, 2.45) is 23.7 Å². The van der Waals surface area contributed by atoms with Gasteiger partial charge in [0.1, 0.15) is 0 Å². The third-order valence-corrected chi connectivity index (χ3v) is 12.7. The predicted octanol–water partition coefficient (Wildman–Crippen LogP) is 1.38. The number of aliphatic carboxylic acids is 2. The molecule has 4 fully saturated rings. The van der Waals surface area contributed by atoms with E-state index >= 15 is 0 Å². The van der Waals surface area contributed by atoms with E-state index in [1.54, 1.807) is 0 Å². The van der Waals surface area contributed by atoms with Gasteiger partial charge >= 0.3 is 11.9 Å². The first-order chi connectivity index (χ1) is 19.5. The fourth-order valence-corrected chi connectivity index (χ4v) is 9.75. The average molecular weight is 603 g/mol. The summed E-state index contributed by atoms with van der Waals surface area (Å²) in [5.74, 6) is -4.71. The molecule has 0 aromatic heterocycles. The maximum Gasteiger partial charge on any atom is 0.307 e. The van der Waals surface area contributed by atoms with Gasteiger partial charge in [0.25, 0.3) is 0 Å². The summed E-state index contributed by atoms with van der Waals surface area (Å²) < 4.78 is 26.8. The first kappa shape index (κ1) is 32.1. The first-order valence-corrected chi connectivity index (χ1v) is 16.8. The SMILES string of the molecule is O=C(O)C1CC(O)CCC1CONC1CCC(S(=O)(=O)C2CCC(NC(=O)C3CCC(O)CC3C(=O)O)CC2)CC1. The Hall–Kier alpha value is -1.80. The van der Waals surface area contributed by atoms with Crippen LogP contribution in [0, 0.1) is 23.7 Å². The Bertz CT molecular complexity index is 1020. The van der Waals surface area contributed by atoms with Gasteiger partial charge in [-0.15, -0.1) is 0 Å². The zero-order valence-corrected chi connectivity index (χ0v) is 24.3. The standard InChI is InChI=1S/C28H46N2O10S/c31-19-6-1-16(24(13-19)27(34)35)15-40-30-18-4-10-22(11-5-18)41(38,39)21-8-2-17(3-9-21)29-26(33)23-12-7-20(32)14-25(23)28(36)37/h16-25,30-32H,1-15H2,(H,29,33)(H,34,35)(H,36,37). The number of nitrogens with one attached hydrogen (secondary N) is 2. The van der Waals surface area contributed by atoms with Gasteiger partial charge in [0.15, 0.2) is 9.84 Å². The summed E-state index contributed by atoms with van der Waals surface area (Å²) in [6.45, 7) is 0.237. The minimum Gasteiger partial charge on any atom is -0.481 e. The number of hydrogen-bond acceptors (Lipinski definition) is 9. The number of amides is 1. The number of carbonyl (C=O) groups excluding carboxylic acids is 1. The number of rotatable bonds is 10. The van der Waals surface area contributed by atoms with Crippen molar-refractivity contribution in [3.63, 3.8) is 0 Å². The molecule has 12 nitrogen and oxygen atoms in total. The molecular formula is C28H46N2O10S. The maximum absolute atomic E-state index is 13.4. The Kier molecular flexibility index (Phi) is 11.1. The van der Waals surface area contributed by atoms with Gasteiger partial charge in [-0.3, -0.25) is 14.4 Å². The van der Waals surface area contributed by atoms with Gasteiger partial charge in [0.2, 0.25) is 5.91 Å². The molecule has 0 spiro atoms. The van der Waals surface area contributed by atoms with Crippen LogP contribution in [0.2, 0.25) is 0 Å². The number of sulfone groups is 1. The number of carbonyl (C=O) groups is 3. The van der Waals surface area contributed by atoms with Crippen LogP contribution in [0.4, 0.5) is 0 Å². The molecular weight excluding hydrogens is 556 g/mol. The van der Waals surface area contributed by atoms with Crippen LogP contribution >= 0.6 is 0 Å². The summed E-state index contributed by atoms with van der Waals surface area (Å²) in [6.07, 6.45) is 5.19. The number of hydroxylamine groups is 1. The molecule has 0 saturated heterocycles. The third kappa shape index (κ3) is 8.19. The van der Waals surface area contributed by atoms with E-state index in [1.165, 1.54) is 0 Å². The lowest BCUT2D eigenvalue weighted by atomic mass is 9.77. The van der Waals surface area contributed by atoms with Gasteiger partial charge in [0, 0.05) is 12.1 Å². The molecule has 0 radical (unpaired) electrons. The highest BCUT2D eigenvalue weighted by Crippen LogP contribution is 2.35. The molecule has 0 aliphatic heterocycles. The van der Waals surface area contributed by atoms with E-state index < -0.39 is 62.2 Å². The number of carboxylic acid groups (broad SMARTS) is 2. The predicted molar refractivity (Wildman–Crippen MR) is 147 cm³/mol. The summed E-state index contributed by atoms with van der Waals surface area (Å²) in [5.41, 5.74) is 3.01. The molecule has 1 amide bonds. The zero-order chi connectivity index (χ0) is 29.7. The number of aliphatic hydroxyl groups excluding tert-OH is 2. The summed E-state index contributed by atoms with van der Waals surface area (Å²) in [6, 6.07) is -0.180. The van der Waals surface area contributed by atoms with Gasteiger partial charge < -0.3 is 30.6 Å².